The minimum Gasteiger partial charge on any atom is -0.486 e. The van der Waals surface area contributed by atoms with Gasteiger partial charge >= 0.3 is 0 Å². The van der Waals surface area contributed by atoms with Gasteiger partial charge in [-0.15, -0.1) is 10.2 Å². The highest BCUT2D eigenvalue weighted by atomic mass is 35.5. The van der Waals surface area contributed by atoms with Crippen LogP contribution in [-0.2, 0) is 6.61 Å². The number of halogens is 3. The number of ether oxygens (including phenoxy) is 1. The van der Waals surface area contributed by atoms with Crippen molar-refractivity contribution in [3.05, 3.63) is 64.2 Å². The van der Waals surface area contributed by atoms with Gasteiger partial charge in [0.1, 0.15) is 23.2 Å². The van der Waals surface area contributed by atoms with Crippen LogP contribution in [0, 0.1) is 5.82 Å². The molecule has 0 bridgehead atoms. The summed E-state index contributed by atoms with van der Waals surface area (Å²) in [6, 6.07) is 11.1. The molecule has 0 radical (unpaired) electrons. The molecule has 9 heteroatoms. The Balaban J connectivity index is 1.59. The largest absolute Gasteiger partial charge is 0.486 e. The third-order valence-corrected chi connectivity index (χ3v) is 5.09. The molecule has 0 fully saturated rings. The van der Waals surface area contributed by atoms with Crippen LogP contribution in [0.4, 0.5) is 4.39 Å². The van der Waals surface area contributed by atoms with Crippen molar-refractivity contribution in [1.82, 2.24) is 19.8 Å². The number of rotatable bonds is 4. The summed E-state index contributed by atoms with van der Waals surface area (Å²) in [5.74, 6) is 0.767. The van der Waals surface area contributed by atoms with Gasteiger partial charge < -0.3 is 4.74 Å². The first kappa shape index (κ1) is 16.3. The van der Waals surface area contributed by atoms with Crippen LogP contribution in [0.25, 0.3) is 15.5 Å². The fourth-order valence-corrected chi connectivity index (χ4v) is 3.32. The molecule has 2 heterocycles. The Morgan fingerprint density at radius 1 is 1.04 bits per heavy atom. The molecule has 126 valence electrons. The quantitative estimate of drug-likeness (QED) is 0.494. The highest BCUT2D eigenvalue weighted by Crippen LogP contribution is 2.31. The molecular weight excluding hydrogens is 386 g/mol. The van der Waals surface area contributed by atoms with Crippen LogP contribution in [0.5, 0.6) is 5.75 Å². The van der Waals surface area contributed by atoms with E-state index in [4.69, 9.17) is 27.9 Å². The fraction of sp³-hybridized carbons (Fsp3) is 0.0625. The van der Waals surface area contributed by atoms with Crippen LogP contribution in [0.2, 0.25) is 10.0 Å². The Morgan fingerprint density at radius 2 is 1.84 bits per heavy atom. The molecule has 0 unspecified atom stereocenters. The molecule has 0 atom stereocenters. The monoisotopic (exact) mass is 394 g/mol. The molecule has 0 amide bonds. The van der Waals surface area contributed by atoms with Crippen LogP contribution >= 0.6 is 34.5 Å². The lowest BCUT2D eigenvalue weighted by molar-refractivity contribution is 0.292. The molecule has 2 aromatic carbocycles. The summed E-state index contributed by atoms with van der Waals surface area (Å²) in [6.07, 6.45) is 0. The van der Waals surface area contributed by atoms with Gasteiger partial charge in [0.25, 0.3) is 0 Å². The Kier molecular flexibility index (Phi) is 4.29. The van der Waals surface area contributed by atoms with Gasteiger partial charge in [0.05, 0.1) is 10.0 Å². The van der Waals surface area contributed by atoms with Gasteiger partial charge in [-0.3, -0.25) is 0 Å². The zero-order valence-electron chi connectivity index (χ0n) is 12.5. The van der Waals surface area contributed by atoms with Gasteiger partial charge in [0, 0.05) is 5.56 Å². The van der Waals surface area contributed by atoms with Crippen LogP contribution in [-0.4, -0.2) is 19.8 Å². The van der Waals surface area contributed by atoms with Crippen molar-refractivity contribution in [3.8, 4) is 16.3 Å². The van der Waals surface area contributed by atoms with Gasteiger partial charge in [0.2, 0.25) is 4.96 Å². The van der Waals surface area contributed by atoms with Crippen molar-refractivity contribution >= 4 is 39.5 Å². The molecule has 0 saturated heterocycles. The van der Waals surface area contributed by atoms with E-state index in [-0.39, 0.29) is 12.4 Å². The first-order valence-electron chi connectivity index (χ1n) is 7.15. The topological polar surface area (TPSA) is 52.3 Å². The minimum atomic E-state index is -0.317. The molecule has 0 aliphatic carbocycles. The standard InChI is InChI=1S/C16H9Cl2FN4OS/c17-12-6-1-9(7-13(12)18)15-22-23-14(20-21-16(23)25-15)8-24-11-4-2-10(19)3-5-11/h1-7H,8H2. The fourth-order valence-electron chi connectivity index (χ4n) is 2.17. The molecule has 2 aromatic heterocycles. The first-order valence-corrected chi connectivity index (χ1v) is 8.72. The maximum Gasteiger partial charge on any atom is 0.235 e. The van der Waals surface area contributed by atoms with Crippen molar-refractivity contribution < 1.29 is 9.13 Å². The average molecular weight is 395 g/mol. The maximum atomic E-state index is 12.9. The molecule has 0 N–H and O–H groups in total. The summed E-state index contributed by atoms with van der Waals surface area (Å²) in [5.41, 5.74) is 0.843. The first-order chi connectivity index (χ1) is 12.1. The highest BCUT2D eigenvalue weighted by molar-refractivity contribution is 7.19. The number of hydrogen-bond acceptors (Lipinski definition) is 5. The average Bonchev–Trinajstić information content (AvgIpc) is 3.18. The van der Waals surface area contributed by atoms with Gasteiger partial charge in [-0.2, -0.15) is 9.61 Å². The lowest BCUT2D eigenvalue weighted by Crippen LogP contribution is -2.02. The van der Waals surface area contributed by atoms with Gasteiger partial charge in [-0.05, 0) is 36.4 Å². The van der Waals surface area contributed by atoms with Crippen LogP contribution in [0.15, 0.2) is 42.5 Å². The SMILES string of the molecule is Fc1ccc(OCc2nnc3sc(-c4ccc(Cl)c(Cl)c4)nn23)cc1. The normalized spacial score (nSPS) is 11.2. The van der Waals surface area contributed by atoms with E-state index in [2.05, 4.69) is 15.3 Å². The molecule has 0 aliphatic heterocycles. The number of benzene rings is 2. The summed E-state index contributed by atoms with van der Waals surface area (Å²) in [4.78, 5) is 0.638. The van der Waals surface area contributed by atoms with E-state index < -0.39 is 0 Å². The summed E-state index contributed by atoms with van der Waals surface area (Å²) < 4.78 is 20.1. The molecule has 5 nitrogen and oxygen atoms in total. The van der Waals surface area contributed by atoms with Crippen LogP contribution in [0.3, 0.4) is 0 Å². The van der Waals surface area contributed by atoms with E-state index in [1.54, 1.807) is 28.8 Å². The molecule has 4 aromatic rings. The molecule has 0 saturated carbocycles. The van der Waals surface area contributed by atoms with Gasteiger partial charge in [-0.25, -0.2) is 4.39 Å². The molecule has 0 aliphatic rings. The van der Waals surface area contributed by atoms with Crippen molar-refractivity contribution in [3.63, 3.8) is 0 Å². The third-order valence-electron chi connectivity index (χ3n) is 3.40. The van der Waals surface area contributed by atoms with Crippen LogP contribution in [0.1, 0.15) is 5.82 Å². The van der Waals surface area contributed by atoms with Gasteiger partial charge in [-0.1, -0.05) is 40.6 Å². The predicted octanol–water partition coefficient (Wildman–Crippen LogP) is 4.88. The minimum absolute atomic E-state index is 0.164. The van der Waals surface area contributed by atoms with E-state index in [9.17, 15) is 4.39 Å². The molecule has 4 rings (SSSR count). The summed E-state index contributed by atoms with van der Waals surface area (Å²) in [7, 11) is 0. The van der Waals surface area contributed by atoms with E-state index in [0.29, 0.717) is 26.6 Å². The number of fused-ring (bicyclic) bond motifs is 1. The number of aromatic nitrogens is 4. The molecular formula is C16H9Cl2FN4OS. The lowest BCUT2D eigenvalue weighted by atomic mass is 10.2. The van der Waals surface area contributed by atoms with E-state index in [1.165, 1.54) is 23.5 Å². The van der Waals surface area contributed by atoms with E-state index in [0.717, 1.165) is 10.6 Å². The number of nitrogens with zero attached hydrogens (tertiary/aromatic N) is 4. The third kappa shape index (κ3) is 3.30. The van der Waals surface area contributed by atoms with Gasteiger partial charge in [0.15, 0.2) is 5.82 Å². The highest BCUT2D eigenvalue weighted by Gasteiger charge is 2.14. The summed E-state index contributed by atoms with van der Waals surface area (Å²) in [6.45, 7) is 0.164. The van der Waals surface area contributed by atoms with Crippen molar-refractivity contribution in [2.24, 2.45) is 0 Å². The summed E-state index contributed by atoms with van der Waals surface area (Å²) >= 11 is 13.4. The number of hydrogen-bond donors (Lipinski definition) is 0. The molecule has 25 heavy (non-hydrogen) atoms. The maximum absolute atomic E-state index is 12.9. The second-order valence-corrected chi connectivity index (χ2v) is 6.86. The summed E-state index contributed by atoms with van der Waals surface area (Å²) in [5, 5.41) is 14.4. The van der Waals surface area contributed by atoms with Crippen molar-refractivity contribution in [1.29, 1.82) is 0 Å². The zero-order valence-corrected chi connectivity index (χ0v) is 14.8. The Hall–Kier alpha value is -2.22. The van der Waals surface area contributed by atoms with E-state index >= 15 is 0 Å². The lowest BCUT2D eigenvalue weighted by Gasteiger charge is -2.03. The Morgan fingerprint density at radius 3 is 2.60 bits per heavy atom. The molecule has 0 spiro atoms. The smallest absolute Gasteiger partial charge is 0.235 e. The van der Waals surface area contributed by atoms with Crippen LogP contribution < -0.4 is 4.74 Å². The predicted molar refractivity (Wildman–Crippen MR) is 94.8 cm³/mol. The Bertz CT molecular complexity index is 1050. The Labute approximate surface area is 155 Å². The van der Waals surface area contributed by atoms with E-state index in [1.807, 2.05) is 6.07 Å². The second-order valence-electron chi connectivity index (χ2n) is 5.09. The van der Waals surface area contributed by atoms with Crippen molar-refractivity contribution in [2.75, 3.05) is 0 Å². The second kappa shape index (κ2) is 6.59. The zero-order chi connectivity index (χ0) is 17.4. The van der Waals surface area contributed by atoms with Crippen molar-refractivity contribution in [2.45, 2.75) is 6.61 Å².